The number of para-hydroxylation sites is 4. The molecule has 5 heteroatoms. The topological polar surface area (TPSA) is 13.1 Å². The second-order valence-electron chi connectivity index (χ2n) is 15.7. The molecule has 0 radical (unpaired) electrons. The van der Waals surface area contributed by atoms with Crippen molar-refractivity contribution in [2.24, 2.45) is 0 Å². The monoisotopic (exact) mass is 705 g/mol. The number of hydrogen-bond acceptors (Lipinski definition) is 2. The molecular weight excluding hydrogens is 673 g/mol. The number of benzene rings is 7. The van der Waals surface area contributed by atoms with Gasteiger partial charge in [-0.05, 0) is 70.0 Å². The molecule has 0 atom stereocenters. The molecule has 1 aliphatic carbocycles. The van der Waals surface area contributed by atoms with E-state index in [0.29, 0.717) is 0 Å². The first-order valence-corrected chi connectivity index (χ1v) is 19.7. The molecule has 0 spiro atoms. The second-order valence-corrected chi connectivity index (χ2v) is 16.7. The Morgan fingerprint density at radius 1 is 0.537 bits per heavy atom. The van der Waals surface area contributed by atoms with Crippen molar-refractivity contribution in [2.45, 2.75) is 19.3 Å². The molecule has 0 unspecified atom stereocenters. The summed E-state index contributed by atoms with van der Waals surface area (Å²) < 4.78 is 8.00. The molecule has 7 aromatic carbocycles. The zero-order chi connectivity index (χ0) is 35.4. The third-order valence-corrected chi connectivity index (χ3v) is 13.8. The molecule has 0 bridgehead atoms. The Morgan fingerprint density at radius 2 is 1.13 bits per heavy atom. The summed E-state index contributed by atoms with van der Waals surface area (Å²) in [6.07, 6.45) is 0. The van der Waals surface area contributed by atoms with E-state index in [9.17, 15) is 0 Å². The first-order chi connectivity index (χ1) is 26.6. The zero-order valence-corrected chi connectivity index (χ0v) is 30.7. The van der Waals surface area contributed by atoms with Gasteiger partial charge in [0, 0.05) is 60.1 Å². The highest BCUT2D eigenvalue weighted by atomic mass is 32.1. The average molecular weight is 706 g/mol. The first-order valence-electron chi connectivity index (χ1n) is 18.9. The van der Waals surface area contributed by atoms with Crippen LogP contribution in [0.3, 0.4) is 0 Å². The fraction of sp³-hybridized carbons (Fsp3) is 0.0612. The standard InChI is InChI=1S/C49H32BN3S/c1-49(2)36-23-11-9-19-32(36)46-42(49)34-21-13-24-37-44(34)52(46)39-27-31(51(29-15-5-3-6-16-29)30-17-7-4-8-18-30)28-40-43(39)50(37)38-25-14-22-35-45(38)53(40)47-33-20-10-12-26-41(33)54-48(35)47/h3-28H,1-2H3. The van der Waals surface area contributed by atoms with Crippen LogP contribution in [0.5, 0.6) is 0 Å². The maximum atomic E-state index is 2.66. The lowest BCUT2D eigenvalue weighted by Crippen LogP contribution is -2.59. The van der Waals surface area contributed by atoms with Crippen LogP contribution < -0.4 is 21.3 Å². The summed E-state index contributed by atoms with van der Waals surface area (Å²) in [7, 11) is 0. The van der Waals surface area contributed by atoms with Crippen LogP contribution in [0.15, 0.2) is 158 Å². The number of hydrogen-bond donors (Lipinski definition) is 0. The molecule has 252 valence electrons. The van der Waals surface area contributed by atoms with Crippen LogP contribution in [0, 0.1) is 0 Å². The summed E-state index contributed by atoms with van der Waals surface area (Å²) in [5.74, 6) is 0. The number of thiophene rings is 1. The van der Waals surface area contributed by atoms with E-state index in [2.05, 4.69) is 186 Å². The third kappa shape index (κ3) is 3.41. The van der Waals surface area contributed by atoms with Gasteiger partial charge in [0.05, 0.1) is 27.1 Å². The van der Waals surface area contributed by atoms with Gasteiger partial charge >= 0.3 is 0 Å². The van der Waals surface area contributed by atoms with Crippen LogP contribution in [-0.2, 0) is 5.41 Å². The zero-order valence-electron chi connectivity index (χ0n) is 29.8. The van der Waals surface area contributed by atoms with Crippen molar-refractivity contribution < 1.29 is 0 Å². The smallest absolute Gasteiger partial charge is 0.252 e. The molecule has 0 N–H and O–H groups in total. The van der Waals surface area contributed by atoms with Crippen molar-refractivity contribution in [1.29, 1.82) is 0 Å². The largest absolute Gasteiger partial charge is 0.310 e. The van der Waals surface area contributed by atoms with E-state index in [-0.39, 0.29) is 12.1 Å². The van der Waals surface area contributed by atoms with Gasteiger partial charge in [-0.3, -0.25) is 0 Å². The van der Waals surface area contributed by atoms with Crippen molar-refractivity contribution in [3.63, 3.8) is 0 Å². The van der Waals surface area contributed by atoms with Gasteiger partial charge in [-0.25, -0.2) is 0 Å². The summed E-state index contributed by atoms with van der Waals surface area (Å²) in [6, 6.07) is 58.9. The predicted octanol–water partition coefficient (Wildman–Crippen LogP) is 10.9. The Hall–Kier alpha value is -6.30. The van der Waals surface area contributed by atoms with E-state index < -0.39 is 0 Å². The van der Waals surface area contributed by atoms with Gasteiger partial charge in [0.15, 0.2) is 0 Å². The quantitative estimate of drug-likeness (QED) is 0.167. The van der Waals surface area contributed by atoms with Crippen molar-refractivity contribution in [1.82, 2.24) is 9.13 Å². The summed E-state index contributed by atoms with van der Waals surface area (Å²) in [4.78, 5) is 2.44. The van der Waals surface area contributed by atoms with Crippen LogP contribution in [-0.4, -0.2) is 15.8 Å². The molecule has 2 aliphatic heterocycles. The molecule has 13 rings (SSSR count). The minimum atomic E-state index is -0.137. The molecule has 0 fully saturated rings. The highest BCUT2D eigenvalue weighted by Crippen LogP contribution is 2.55. The number of fused-ring (bicyclic) bond motifs is 14. The van der Waals surface area contributed by atoms with Crippen LogP contribution in [0.25, 0.3) is 64.7 Å². The lowest BCUT2D eigenvalue weighted by Gasteiger charge is -2.36. The predicted molar refractivity (Wildman–Crippen MR) is 230 cm³/mol. The Balaban J connectivity index is 1.26. The van der Waals surface area contributed by atoms with Crippen molar-refractivity contribution >= 4 is 93.6 Å². The van der Waals surface area contributed by atoms with E-state index in [1.165, 1.54) is 92.3 Å². The maximum absolute atomic E-state index is 2.66. The Morgan fingerprint density at radius 3 is 1.87 bits per heavy atom. The minimum absolute atomic E-state index is 0.0991. The fourth-order valence-electron chi connectivity index (χ4n) is 10.6. The van der Waals surface area contributed by atoms with Gasteiger partial charge in [-0.2, -0.15) is 0 Å². The van der Waals surface area contributed by atoms with E-state index in [1.54, 1.807) is 0 Å². The van der Waals surface area contributed by atoms with Crippen LogP contribution in [0.2, 0.25) is 0 Å². The van der Waals surface area contributed by atoms with E-state index >= 15 is 0 Å². The molecule has 10 aromatic rings. The molecule has 0 saturated carbocycles. The molecule has 0 amide bonds. The van der Waals surface area contributed by atoms with Gasteiger partial charge in [-0.15, -0.1) is 11.3 Å². The molecule has 5 heterocycles. The molecule has 54 heavy (non-hydrogen) atoms. The summed E-state index contributed by atoms with van der Waals surface area (Å²) in [6.45, 7) is 4.94. The number of nitrogens with zero attached hydrogens (tertiary/aromatic N) is 3. The minimum Gasteiger partial charge on any atom is -0.310 e. The van der Waals surface area contributed by atoms with Crippen molar-refractivity contribution in [3.8, 4) is 22.6 Å². The van der Waals surface area contributed by atoms with Gasteiger partial charge < -0.3 is 14.0 Å². The van der Waals surface area contributed by atoms with Gasteiger partial charge in [0.1, 0.15) is 0 Å². The molecule has 3 nitrogen and oxygen atoms in total. The molecule has 3 aliphatic rings. The fourth-order valence-corrected chi connectivity index (χ4v) is 11.8. The third-order valence-electron chi connectivity index (χ3n) is 12.6. The molecule has 0 saturated heterocycles. The molecular formula is C49H32BN3S. The highest BCUT2D eigenvalue weighted by molar-refractivity contribution is 7.26. The summed E-state index contributed by atoms with van der Waals surface area (Å²) in [5.41, 5.74) is 19.5. The Kier molecular flexibility index (Phi) is 5.41. The first kappa shape index (κ1) is 29.2. The average Bonchev–Trinajstić information content (AvgIpc) is 3.93. The normalized spacial score (nSPS) is 14.2. The van der Waals surface area contributed by atoms with Crippen molar-refractivity contribution in [2.75, 3.05) is 4.90 Å². The van der Waals surface area contributed by atoms with Crippen LogP contribution >= 0.6 is 11.3 Å². The number of aromatic nitrogens is 2. The van der Waals surface area contributed by atoms with Crippen LogP contribution in [0.1, 0.15) is 25.0 Å². The molecule has 3 aromatic heterocycles. The second kappa shape index (κ2) is 10.0. The van der Waals surface area contributed by atoms with E-state index in [0.717, 1.165) is 17.1 Å². The summed E-state index contributed by atoms with van der Waals surface area (Å²) in [5, 5.41) is 4.02. The Labute approximate surface area is 317 Å². The van der Waals surface area contributed by atoms with Gasteiger partial charge in [-0.1, -0.05) is 129 Å². The number of anilines is 3. The Bertz CT molecular complexity index is 3220. The number of rotatable bonds is 3. The van der Waals surface area contributed by atoms with Gasteiger partial charge in [0.25, 0.3) is 6.71 Å². The van der Waals surface area contributed by atoms with Crippen LogP contribution in [0.4, 0.5) is 17.1 Å². The van der Waals surface area contributed by atoms with E-state index in [1.807, 2.05) is 11.3 Å². The maximum Gasteiger partial charge on any atom is 0.252 e. The van der Waals surface area contributed by atoms with Crippen molar-refractivity contribution in [3.05, 3.63) is 169 Å². The summed E-state index contributed by atoms with van der Waals surface area (Å²) >= 11 is 1.93. The van der Waals surface area contributed by atoms with Gasteiger partial charge in [0.2, 0.25) is 0 Å². The lowest BCUT2D eigenvalue weighted by molar-refractivity contribution is 0.666. The highest BCUT2D eigenvalue weighted by Gasteiger charge is 2.46. The lowest BCUT2D eigenvalue weighted by atomic mass is 9.34. The SMILES string of the molecule is CC1(C)c2ccccc2-c2c1c1cccc3c1n2-c1cc(N(c2ccccc2)c2ccccc2)cc2c1B3c1cccc3c4sc5ccccc5c4n-2c13. The van der Waals surface area contributed by atoms with E-state index in [4.69, 9.17) is 0 Å².